The van der Waals surface area contributed by atoms with Crippen molar-refractivity contribution in [1.82, 2.24) is 9.97 Å². The maximum Gasteiger partial charge on any atom is 0.232 e. The van der Waals surface area contributed by atoms with Gasteiger partial charge in [0.15, 0.2) is 0 Å². The topological polar surface area (TPSA) is 41.1 Å². The molecule has 1 N–H and O–H groups in total. The van der Waals surface area contributed by atoms with Gasteiger partial charge in [0, 0.05) is 34.2 Å². The van der Waals surface area contributed by atoms with E-state index in [1.165, 1.54) is 11.3 Å². The average Bonchev–Trinajstić information content (AvgIpc) is 3.01. The van der Waals surface area contributed by atoms with Crippen LogP contribution in [0.2, 0.25) is 0 Å². The molecule has 4 rings (SSSR count). The number of para-hydroxylation sites is 1. The molecule has 1 aliphatic rings. The third kappa shape index (κ3) is 2.99. The predicted octanol–water partition coefficient (Wildman–Crippen LogP) is 4.99. The Morgan fingerprint density at radius 3 is 2.67 bits per heavy atom. The SMILES string of the molecule is Cc1cc(Nc2ccc(Br)cc2)nc(N2CCc3ccccc32)n1. The molecule has 0 bridgehead atoms. The maximum atomic E-state index is 4.72. The van der Waals surface area contributed by atoms with Gasteiger partial charge in [0.2, 0.25) is 5.95 Å². The number of fused-ring (bicyclic) bond motifs is 1. The Kier molecular flexibility index (Phi) is 3.94. The molecule has 0 unspecified atom stereocenters. The van der Waals surface area contributed by atoms with E-state index in [1.807, 2.05) is 37.3 Å². The minimum Gasteiger partial charge on any atom is -0.340 e. The minimum absolute atomic E-state index is 0.750. The van der Waals surface area contributed by atoms with Crippen LogP contribution >= 0.6 is 15.9 Å². The van der Waals surface area contributed by atoms with Gasteiger partial charge in [-0.2, -0.15) is 4.98 Å². The summed E-state index contributed by atoms with van der Waals surface area (Å²) < 4.78 is 1.06. The molecular weight excluding hydrogens is 364 g/mol. The van der Waals surface area contributed by atoms with E-state index in [0.717, 1.165) is 40.6 Å². The molecule has 0 fully saturated rings. The van der Waals surface area contributed by atoms with E-state index in [-0.39, 0.29) is 0 Å². The number of aromatic nitrogens is 2. The number of benzene rings is 2. The van der Waals surface area contributed by atoms with Crippen LogP contribution in [0.4, 0.5) is 23.1 Å². The molecule has 0 amide bonds. The molecule has 1 aliphatic heterocycles. The fourth-order valence-electron chi connectivity index (χ4n) is 2.96. The summed E-state index contributed by atoms with van der Waals surface area (Å²) in [5, 5.41) is 3.36. The summed E-state index contributed by atoms with van der Waals surface area (Å²) >= 11 is 3.45. The van der Waals surface area contributed by atoms with Crippen molar-refractivity contribution in [3.8, 4) is 0 Å². The third-order valence-electron chi connectivity index (χ3n) is 4.09. The number of nitrogens with zero attached hydrogens (tertiary/aromatic N) is 3. The van der Waals surface area contributed by atoms with Crippen molar-refractivity contribution in [2.45, 2.75) is 13.3 Å². The first-order valence-corrected chi connectivity index (χ1v) is 8.72. The molecule has 2 heterocycles. The Bertz CT molecular complexity index is 877. The Hall–Kier alpha value is -2.40. The number of rotatable bonds is 3. The molecule has 1 aromatic heterocycles. The van der Waals surface area contributed by atoms with Crippen molar-refractivity contribution < 1.29 is 0 Å². The van der Waals surface area contributed by atoms with Gasteiger partial charge in [0.05, 0.1) is 0 Å². The van der Waals surface area contributed by atoms with E-state index in [0.29, 0.717) is 0 Å². The molecule has 3 aromatic rings. The third-order valence-corrected chi connectivity index (χ3v) is 4.62. The Balaban J connectivity index is 1.66. The van der Waals surface area contributed by atoms with Crippen molar-refractivity contribution in [2.24, 2.45) is 0 Å². The molecule has 5 heteroatoms. The summed E-state index contributed by atoms with van der Waals surface area (Å²) in [6.45, 7) is 2.92. The Morgan fingerprint density at radius 2 is 1.83 bits per heavy atom. The van der Waals surface area contributed by atoms with Gasteiger partial charge in [-0.3, -0.25) is 0 Å². The highest BCUT2D eigenvalue weighted by Gasteiger charge is 2.22. The van der Waals surface area contributed by atoms with Crippen LogP contribution in [0.25, 0.3) is 0 Å². The highest BCUT2D eigenvalue weighted by molar-refractivity contribution is 9.10. The van der Waals surface area contributed by atoms with E-state index in [1.54, 1.807) is 0 Å². The van der Waals surface area contributed by atoms with E-state index in [2.05, 4.69) is 55.4 Å². The summed E-state index contributed by atoms with van der Waals surface area (Å²) in [5.41, 5.74) is 4.51. The number of hydrogen-bond donors (Lipinski definition) is 1. The van der Waals surface area contributed by atoms with E-state index in [9.17, 15) is 0 Å². The zero-order chi connectivity index (χ0) is 16.5. The largest absolute Gasteiger partial charge is 0.340 e. The fraction of sp³-hybridized carbons (Fsp3) is 0.158. The standard InChI is InChI=1S/C19H17BrN4/c1-13-12-18(22-16-8-6-15(20)7-9-16)23-19(21-13)24-11-10-14-4-2-3-5-17(14)24/h2-9,12H,10-11H2,1H3,(H,21,22,23). The van der Waals surface area contributed by atoms with Gasteiger partial charge in [-0.1, -0.05) is 34.1 Å². The number of halogens is 1. The minimum atomic E-state index is 0.750. The van der Waals surface area contributed by atoms with Crippen LogP contribution in [-0.4, -0.2) is 16.5 Å². The van der Waals surface area contributed by atoms with Crippen LogP contribution < -0.4 is 10.2 Å². The van der Waals surface area contributed by atoms with Gasteiger partial charge in [-0.15, -0.1) is 0 Å². The average molecular weight is 381 g/mol. The molecule has 120 valence electrons. The number of aryl methyl sites for hydroxylation is 1. The van der Waals surface area contributed by atoms with E-state index < -0.39 is 0 Å². The molecule has 0 aliphatic carbocycles. The second-order valence-electron chi connectivity index (χ2n) is 5.86. The fourth-order valence-corrected chi connectivity index (χ4v) is 3.23. The first kappa shape index (κ1) is 15.1. The van der Waals surface area contributed by atoms with E-state index >= 15 is 0 Å². The summed E-state index contributed by atoms with van der Waals surface area (Å²) in [4.78, 5) is 11.6. The van der Waals surface area contributed by atoms with Crippen molar-refractivity contribution >= 4 is 39.1 Å². The van der Waals surface area contributed by atoms with Crippen LogP contribution in [0.3, 0.4) is 0 Å². The van der Waals surface area contributed by atoms with Crippen molar-refractivity contribution in [1.29, 1.82) is 0 Å². The molecule has 24 heavy (non-hydrogen) atoms. The highest BCUT2D eigenvalue weighted by atomic mass is 79.9. The zero-order valence-corrected chi connectivity index (χ0v) is 14.9. The van der Waals surface area contributed by atoms with Crippen LogP contribution in [0.15, 0.2) is 59.1 Å². The molecule has 4 nitrogen and oxygen atoms in total. The lowest BCUT2D eigenvalue weighted by molar-refractivity contribution is 0.931. The lowest BCUT2D eigenvalue weighted by Crippen LogP contribution is -2.17. The molecule has 0 spiro atoms. The maximum absolute atomic E-state index is 4.72. The summed E-state index contributed by atoms with van der Waals surface area (Å²) in [6, 6.07) is 18.5. The lowest BCUT2D eigenvalue weighted by Gasteiger charge is -2.18. The smallest absolute Gasteiger partial charge is 0.232 e. The molecule has 2 aromatic carbocycles. The van der Waals surface area contributed by atoms with E-state index in [4.69, 9.17) is 4.98 Å². The van der Waals surface area contributed by atoms with Gasteiger partial charge in [0.1, 0.15) is 5.82 Å². The van der Waals surface area contributed by atoms with Gasteiger partial charge in [-0.25, -0.2) is 4.98 Å². The molecule has 0 saturated carbocycles. The van der Waals surface area contributed by atoms with Crippen LogP contribution in [-0.2, 0) is 6.42 Å². The first-order chi connectivity index (χ1) is 11.7. The predicted molar refractivity (Wildman–Crippen MR) is 101 cm³/mol. The van der Waals surface area contributed by atoms with Crippen LogP contribution in [0.5, 0.6) is 0 Å². The first-order valence-electron chi connectivity index (χ1n) is 7.93. The quantitative estimate of drug-likeness (QED) is 0.694. The van der Waals surface area contributed by atoms with Gasteiger partial charge in [-0.05, 0) is 49.2 Å². The number of hydrogen-bond acceptors (Lipinski definition) is 4. The second-order valence-corrected chi connectivity index (χ2v) is 6.77. The normalized spacial score (nSPS) is 13.0. The van der Waals surface area contributed by atoms with Gasteiger partial charge < -0.3 is 10.2 Å². The van der Waals surface area contributed by atoms with Crippen molar-refractivity contribution in [2.75, 3.05) is 16.8 Å². The van der Waals surface area contributed by atoms with Crippen LogP contribution in [0.1, 0.15) is 11.3 Å². The van der Waals surface area contributed by atoms with Gasteiger partial charge >= 0.3 is 0 Å². The Labute approximate surface area is 149 Å². The monoisotopic (exact) mass is 380 g/mol. The summed E-state index contributed by atoms with van der Waals surface area (Å²) in [7, 11) is 0. The summed E-state index contributed by atoms with van der Waals surface area (Å²) in [6.07, 6.45) is 1.03. The number of anilines is 4. The highest BCUT2D eigenvalue weighted by Crippen LogP contribution is 2.33. The lowest BCUT2D eigenvalue weighted by atomic mass is 10.2. The molecule has 0 radical (unpaired) electrons. The zero-order valence-electron chi connectivity index (χ0n) is 13.3. The summed E-state index contributed by atoms with van der Waals surface area (Å²) in [5.74, 6) is 1.56. The Morgan fingerprint density at radius 1 is 1.04 bits per heavy atom. The van der Waals surface area contributed by atoms with Crippen LogP contribution in [0, 0.1) is 6.92 Å². The van der Waals surface area contributed by atoms with Crippen molar-refractivity contribution in [3.63, 3.8) is 0 Å². The molecule has 0 atom stereocenters. The molecular formula is C19H17BrN4. The van der Waals surface area contributed by atoms with Gasteiger partial charge in [0.25, 0.3) is 0 Å². The second kappa shape index (κ2) is 6.24. The molecule has 0 saturated heterocycles. The number of nitrogens with one attached hydrogen (secondary N) is 1. The van der Waals surface area contributed by atoms with Crippen molar-refractivity contribution in [3.05, 3.63) is 70.3 Å².